The predicted octanol–water partition coefficient (Wildman–Crippen LogP) is -0.656. The van der Waals surface area contributed by atoms with Crippen LogP contribution in [0, 0.1) is 0 Å². The summed E-state index contributed by atoms with van der Waals surface area (Å²) in [6.07, 6.45) is 3.82. The molecular formula is C15H20N6O3S. The van der Waals surface area contributed by atoms with Crippen LogP contribution >= 0.6 is 0 Å². The standard InChI is InChI=1S/C15H20N6O3S/c1-2-14(22)20-7-6-19(11-9-25(23,24)10-12(11)20)8-13-17-15-16-4-3-5-21(15)18-13/h3-5,11-12H,2,6-10H2,1H3/t11-,12+/m0/s1. The molecule has 0 unspecified atom stereocenters. The summed E-state index contributed by atoms with van der Waals surface area (Å²) in [4.78, 5) is 24.6. The summed E-state index contributed by atoms with van der Waals surface area (Å²) in [7, 11) is -3.15. The summed E-state index contributed by atoms with van der Waals surface area (Å²) in [5.74, 6) is 1.27. The zero-order valence-electron chi connectivity index (χ0n) is 13.9. The van der Waals surface area contributed by atoms with Gasteiger partial charge in [-0.2, -0.15) is 4.98 Å². The van der Waals surface area contributed by atoms with Crippen molar-refractivity contribution in [3.8, 4) is 0 Å². The number of amides is 1. The van der Waals surface area contributed by atoms with Crippen molar-refractivity contribution in [2.75, 3.05) is 24.6 Å². The zero-order chi connectivity index (χ0) is 17.6. The van der Waals surface area contributed by atoms with Crippen LogP contribution in [0.25, 0.3) is 5.78 Å². The maximum absolute atomic E-state index is 12.2. The molecule has 134 valence electrons. The van der Waals surface area contributed by atoms with Crippen molar-refractivity contribution in [2.24, 2.45) is 0 Å². The summed E-state index contributed by atoms with van der Waals surface area (Å²) in [6.45, 7) is 3.41. The highest BCUT2D eigenvalue weighted by Crippen LogP contribution is 2.28. The van der Waals surface area contributed by atoms with Crippen molar-refractivity contribution in [1.29, 1.82) is 0 Å². The number of nitrogens with zero attached hydrogens (tertiary/aromatic N) is 6. The molecule has 4 heterocycles. The van der Waals surface area contributed by atoms with Gasteiger partial charge in [-0.15, -0.1) is 5.10 Å². The summed E-state index contributed by atoms with van der Waals surface area (Å²) in [5.41, 5.74) is 0. The molecular weight excluding hydrogens is 344 g/mol. The van der Waals surface area contributed by atoms with Crippen LogP contribution in [-0.4, -0.2) is 80.4 Å². The van der Waals surface area contributed by atoms with Gasteiger partial charge in [-0.3, -0.25) is 9.69 Å². The average Bonchev–Trinajstić information content (AvgIpc) is 3.13. The van der Waals surface area contributed by atoms with Gasteiger partial charge >= 0.3 is 0 Å². The SMILES string of the molecule is CCC(=O)N1CCN(Cc2nc3ncccn3n2)[C@H]2CS(=O)(=O)C[C@H]21. The minimum atomic E-state index is -3.15. The minimum Gasteiger partial charge on any atom is -0.336 e. The largest absolute Gasteiger partial charge is 0.336 e. The van der Waals surface area contributed by atoms with Gasteiger partial charge in [-0.05, 0) is 6.07 Å². The lowest BCUT2D eigenvalue weighted by Gasteiger charge is -2.43. The van der Waals surface area contributed by atoms with Crippen LogP contribution in [0.5, 0.6) is 0 Å². The van der Waals surface area contributed by atoms with Gasteiger partial charge in [0, 0.05) is 37.9 Å². The van der Waals surface area contributed by atoms with Crippen LogP contribution < -0.4 is 0 Å². The van der Waals surface area contributed by atoms with E-state index in [4.69, 9.17) is 0 Å². The fraction of sp³-hybridized carbons (Fsp3) is 0.600. The molecule has 2 aliphatic rings. The van der Waals surface area contributed by atoms with Crippen LogP contribution in [0.2, 0.25) is 0 Å². The first kappa shape index (κ1) is 16.4. The Hall–Kier alpha value is -2.07. The van der Waals surface area contributed by atoms with E-state index in [1.807, 2.05) is 0 Å². The summed E-state index contributed by atoms with van der Waals surface area (Å²) in [5, 5.41) is 4.40. The van der Waals surface area contributed by atoms with E-state index < -0.39 is 9.84 Å². The molecule has 25 heavy (non-hydrogen) atoms. The molecule has 0 spiro atoms. The van der Waals surface area contributed by atoms with Gasteiger partial charge in [0.2, 0.25) is 5.91 Å². The molecule has 2 aromatic heterocycles. The lowest BCUT2D eigenvalue weighted by Crippen LogP contribution is -2.60. The van der Waals surface area contributed by atoms with Gasteiger partial charge in [0.25, 0.3) is 5.78 Å². The van der Waals surface area contributed by atoms with E-state index >= 15 is 0 Å². The monoisotopic (exact) mass is 364 g/mol. The van der Waals surface area contributed by atoms with Gasteiger partial charge in [-0.25, -0.2) is 17.9 Å². The van der Waals surface area contributed by atoms with Gasteiger partial charge in [0.15, 0.2) is 15.7 Å². The number of hydrogen-bond donors (Lipinski definition) is 0. The Bertz CT molecular complexity index is 878. The molecule has 0 N–H and O–H groups in total. The molecule has 2 aliphatic heterocycles. The third-order valence-electron chi connectivity index (χ3n) is 4.92. The smallest absolute Gasteiger partial charge is 0.252 e. The Morgan fingerprint density at radius 3 is 2.84 bits per heavy atom. The first-order chi connectivity index (χ1) is 12.0. The summed E-state index contributed by atoms with van der Waals surface area (Å²) in [6, 6.07) is 1.30. The number of aromatic nitrogens is 4. The Morgan fingerprint density at radius 2 is 2.08 bits per heavy atom. The highest BCUT2D eigenvalue weighted by Gasteiger charge is 2.47. The maximum Gasteiger partial charge on any atom is 0.252 e. The lowest BCUT2D eigenvalue weighted by atomic mass is 10.0. The van der Waals surface area contributed by atoms with Crippen LogP contribution in [0.15, 0.2) is 18.5 Å². The molecule has 4 rings (SSSR count). The Kier molecular flexibility index (Phi) is 3.95. The molecule has 0 aromatic carbocycles. The molecule has 1 amide bonds. The second kappa shape index (κ2) is 6.03. The Balaban J connectivity index is 1.59. The van der Waals surface area contributed by atoms with Gasteiger partial charge < -0.3 is 4.90 Å². The third-order valence-corrected chi connectivity index (χ3v) is 6.62. The Morgan fingerprint density at radius 1 is 1.28 bits per heavy atom. The first-order valence-electron chi connectivity index (χ1n) is 8.37. The average molecular weight is 364 g/mol. The molecule has 2 aromatic rings. The minimum absolute atomic E-state index is 0.0156. The fourth-order valence-electron chi connectivity index (χ4n) is 3.76. The molecule has 0 bridgehead atoms. The molecule has 2 saturated heterocycles. The molecule has 0 aliphatic carbocycles. The number of fused-ring (bicyclic) bond motifs is 2. The van der Waals surface area contributed by atoms with E-state index in [1.54, 1.807) is 34.8 Å². The number of rotatable bonds is 3. The lowest BCUT2D eigenvalue weighted by molar-refractivity contribution is -0.136. The van der Waals surface area contributed by atoms with Crippen molar-refractivity contribution < 1.29 is 13.2 Å². The molecule has 10 heteroatoms. The zero-order valence-corrected chi connectivity index (χ0v) is 14.8. The van der Waals surface area contributed by atoms with E-state index in [2.05, 4.69) is 20.0 Å². The molecule has 0 radical (unpaired) electrons. The highest BCUT2D eigenvalue weighted by atomic mass is 32.2. The van der Waals surface area contributed by atoms with Crippen molar-refractivity contribution >= 4 is 21.5 Å². The molecule has 2 fully saturated rings. The van der Waals surface area contributed by atoms with E-state index in [0.29, 0.717) is 37.7 Å². The van der Waals surface area contributed by atoms with Crippen LogP contribution in [-0.2, 0) is 21.2 Å². The normalized spacial score (nSPS) is 26.0. The topological polar surface area (TPSA) is 101 Å². The quantitative estimate of drug-likeness (QED) is 0.713. The van der Waals surface area contributed by atoms with E-state index in [9.17, 15) is 13.2 Å². The van der Waals surface area contributed by atoms with Gasteiger partial charge in [0.1, 0.15) is 0 Å². The molecule has 9 nitrogen and oxygen atoms in total. The molecule has 2 atom stereocenters. The third kappa shape index (κ3) is 2.99. The predicted molar refractivity (Wildman–Crippen MR) is 89.4 cm³/mol. The summed E-state index contributed by atoms with van der Waals surface area (Å²) >= 11 is 0. The Labute approximate surface area is 145 Å². The fourth-order valence-corrected chi connectivity index (χ4v) is 5.77. The van der Waals surface area contributed by atoms with Gasteiger partial charge in [0.05, 0.1) is 24.1 Å². The van der Waals surface area contributed by atoms with E-state index in [0.717, 1.165) is 0 Å². The van der Waals surface area contributed by atoms with Crippen LogP contribution in [0.4, 0.5) is 0 Å². The second-order valence-corrected chi connectivity index (χ2v) is 8.67. The van der Waals surface area contributed by atoms with Crippen molar-refractivity contribution in [3.63, 3.8) is 0 Å². The number of carbonyl (C=O) groups excluding carboxylic acids is 1. The van der Waals surface area contributed by atoms with Gasteiger partial charge in [-0.1, -0.05) is 6.92 Å². The van der Waals surface area contributed by atoms with E-state index in [1.165, 1.54) is 0 Å². The van der Waals surface area contributed by atoms with Crippen molar-refractivity contribution in [2.45, 2.75) is 32.0 Å². The number of hydrogen-bond acceptors (Lipinski definition) is 7. The number of carbonyl (C=O) groups is 1. The van der Waals surface area contributed by atoms with Crippen molar-refractivity contribution in [3.05, 3.63) is 24.3 Å². The summed E-state index contributed by atoms with van der Waals surface area (Å²) < 4.78 is 26.0. The van der Waals surface area contributed by atoms with Crippen molar-refractivity contribution in [1.82, 2.24) is 29.4 Å². The number of sulfone groups is 1. The molecule has 0 saturated carbocycles. The van der Waals surface area contributed by atoms with E-state index in [-0.39, 0.29) is 29.5 Å². The maximum atomic E-state index is 12.2. The first-order valence-corrected chi connectivity index (χ1v) is 10.2. The van der Waals surface area contributed by atoms with Crippen LogP contribution in [0.1, 0.15) is 19.2 Å². The number of piperazine rings is 1. The highest BCUT2D eigenvalue weighted by molar-refractivity contribution is 7.91. The second-order valence-electron chi connectivity index (χ2n) is 6.52. The van der Waals surface area contributed by atoms with Crippen LogP contribution in [0.3, 0.4) is 0 Å².